The summed E-state index contributed by atoms with van der Waals surface area (Å²) in [5.41, 5.74) is 3.10. The molecule has 0 spiro atoms. The molecule has 0 aliphatic carbocycles. The largest absolute Gasteiger partial charge is 0.573 e. The van der Waals surface area contributed by atoms with Gasteiger partial charge >= 0.3 is 6.36 Å². The standard InChI is InChI=1S/C15H12F3N3O/c1-9-7-13-10(2)20-21(14(13)19-8-9)11-3-5-12(6-4-11)22-15(16,17)18/h3-8H,1-2H3. The van der Waals surface area contributed by atoms with Gasteiger partial charge in [0, 0.05) is 11.6 Å². The molecule has 114 valence electrons. The van der Waals surface area contributed by atoms with Gasteiger partial charge in [0.1, 0.15) is 5.75 Å². The molecule has 0 fully saturated rings. The van der Waals surface area contributed by atoms with Crippen molar-refractivity contribution in [2.45, 2.75) is 20.2 Å². The number of halogens is 3. The van der Waals surface area contributed by atoms with Crippen LogP contribution in [0.3, 0.4) is 0 Å². The van der Waals surface area contributed by atoms with Gasteiger partial charge in [-0.3, -0.25) is 0 Å². The number of fused-ring (bicyclic) bond motifs is 1. The van der Waals surface area contributed by atoms with Gasteiger partial charge in [-0.1, -0.05) is 0 Å². The molecule has 0 aliphatic rings. The molecule has 0 radical (unpaired) electrons. The molecule has 22 heavy (non-hydrogen) atoms. The molecule has 1 aromatic carbocycles. The quantitative estimate of drug-likeness (QED) is 0.720. The first-order chi connectivity index (χ1) is 10.3. The fraction of sp³-hybridized carbons (Fsp3) is 0.200. The molecular formula is C15H12F3N3O. The Kier molecular flexibility index (Phi) is 3.27. The average molecular weight is 307 g/mol. The van der Waals surface area contributed by atoms with Gasteiger partial charge < -0.3 is 4.74 Å². The van der Waals surface area contributed by atoms with Gasteiger partial charge in [-0.15, -0.1) is 13.2 Å². The smallest absolute Gasteiger partial charge is 0.406 e. The number of nitrogens with zero attached hydrogens (tertiary/aromatic N) is 3. The molecule has 2 heterocycles. The Hall–Kier alpha value is -2.57. The zero-order chi connectivity index (χ0) is 15.9. The Balaban J connectivity index is 2.01. The van der Waals surface area contributed by atoms with E-state index in [1.807, 2.05) is 19.9 Å². The van der Waals surface area contributed by atoms with Crippen molar-refractivity contribution < 1.29 is 17.9 Å². The third-order valence-corrected chi connectivity index (χ3v) is 3.16. The lowest BCUT2D eigenvalue weighted by atomic mass is 10.2. The van der Waals surface area contributed by atoms with E-state index in [-0.39, 0.29) is 5.75 Å². The number of ether oxygens (including phenoxy) is 1. The van der Waals surface area contributed by atoms with E-state index in [9.17, 15) is 13.2 Å². The van der Waals surface area contributed by atoms with Crippen LogP contribution < -0.4 is 4.74 Å². The first-order valence-corrected chi connectivity index (χ1v) is 6.52. The van der Waals surface area contributed by atoms with Crippen LogP contribution in [0.5, 0.6) is 5.75 Å². The number of rotatable bonds is 2. The van der Waals surface area contributed by atoms with E-state index in [2.05, 4.69) is 14.8 Å². The van der Waals surface area contributed by atoms with Crippen molar-refractivity contribution in [3.63, 3.8) is 0 Å². The highest BCUT2D eigenvalue weighted by Crippen LogP contribution is 2.25. The second-order valence-corrected chi connectivity index (χ2v) is 4.92. The van der Waals surface area contributed by atoms with Crippen molar-refractivity contribution in [1.82, 2.24) is 14.8 Å². The lowest BCUT2D eigenvalue weighted by Gasteiger charge is -2.09. The predicted molar refractivity (Wildman–Crippen MR) is 75.0 cm³/mol. The summed E-state index contributed by atoms with van der Waals surface area (Å²) in [5.74, 6) is -0.270. The summed E-state index contributed by atoms with van der Waals surface area (Å²) in [4.78, 5) is 4.35. The Labute approximate surface area is 124 Å². The number of benzene rings is 1. The summed E-state index contributed by atoms with van der Waals surface area (Å²) in [5, 5.41) is 5.31. The number of hydrogen-bond donors (Lipinski definition) is 0. The fourth-order valence-electron chi connectivity index (χ4n) is 2.22. The zero-order valence-electron chi connectivity index (χ0n) is 11.8. The minimum Gasteiger partial charge on any atom is -0.406 e. The lowest BCUT2D eigenvalue weighted by molar-refractivity contribution is -0.274. The predicted octanol–water partition coefficient (Wildman–Crippen LogP) is 3.94. The van der Waals surface area contributed by atoms with E-state index in [1.54, 1.807) is 10.9 Å². The van der Waals surface area contributed by atoms with Crippen LogP contribution in [0.1, 0.15) is 11.3 Å². The molecule has 0 amide bonds. The van der Waals surface area contributed by atoms with E-state index < -0.39 is 6.36 Å². The van der Waals surface area contributed by atoms with Crippen molar-refractivity contribution in [3.8, 4) is 11.4 Å². The van der Waals surface area contributed by atoms with Crippen LogP contribution in [0.25, 0.3) is 16.7 Å². The van der Waals surface area contributed by atoms with Gasteiger partial charge in [-0.25, -0.2) is 9.67 Å². The zero-order valence-corrected chi connectivity index (χ0v) is 11.8. The van der Waals surface area contributed by atoms with E-state index in [0.29, 0.717) is 11.3 Å². The Morgan fingerprint density at radius 3 is 2.41 bits per heavy atom. The monoisotopic (exact) mass is 307 g/mol. The fourth-order valence-corrected chi connectivity index (χ4v) is 2.22. The third kappa shape index (κ3) is 2.74. The van der Waals surface area contributed by atoms with E-state index in [0.717, 1.165) is 16.6 Å². The molecule has 0 bridgehead atoms. The number of pyridine rings is 1. The molecular weight excluding hydrogens is 295 g/mol. The van der Waals surface area contributed by atoms with Crippen LogP contribution in [0.15, 0.2) is 36.5 Å². The molecule has 7 heteroatoms. The second-order valence-electron chi connectivity index (χ2n) is 4.92. The van der Waals surface area contributed by atoms with Gasteiger partial charge in [-0.2, -0.15) is 5.10 Å². The summed E-state index contributed by atoms with van der Waals surface area (Å²) in [7, 11) is 0. The van der Waals surface area contributed by atoms with Crippen molar-refractivity contribution in [1.29, 1.82) is 0 Å². The van der Waals surface area contributed by atoms with Crippen LogP contribution >= 0.6 is 0 Å². The average Bonchev–Trinajstić information content (AvgIpc) is 2.75. The molecule has 0 unspecified atom stereocenters. The van der Waals surface area contributed by atoms with Crippen LogP contribution in [-0.4, -0.2) is 21.1 Å². The summed E-state index contributed by atoms with van der Waals surface area (Å²) in [6.45, 7) is 3.80. The maximum Gasteiger partial charge on any atom is 0.573 e. The van der Waals surface area contributed by atoms with Crippen LogP contribution in [-0.2, 0) is 0 Å². The van der Waals surface area contributed by atoms with Crippen LogP contribution in [0.2, 0.25) is 0 Å². The van der Waals surface area contributed by atoms with E-state index in [4.69, 9.17) is 0 Å². The minimum absolute atomic E-state index is 0.270. The van der Waals surface area contributed by atoms with Gasteiger partial charge in [0.25, 0.3) is 0 Å². The number of aromatic nitrogens is 3. The van der Waals surface area contributed by atoms with Crippen molar-refractivity contribution in [3.05, 3.63) is 47.8 Å². The van der Waals surface area contributed by atoms with Crippen molar-refractivity contribution >= 4 is 11.0 Å². The summed E-state index contributed by atoms with van der Waals surface area (Å²) < 4.78 is 41.9. The highest BCUT2D eigenvalue weighted by molar-refractivity contribution is 5.80. The molecule has 0 aliphatic heterocycles. The molecule has 4 nitrogen and oxygen atoms in total. The molecule has 3 aromatic rings. The summed E-state index contributed by atoms with van der Waals surface area (Å²) in [6.07, 6.45) is -2.98. The highest BCUT2D eigenvalue weighted by atomic mass is 19.4. The van der Waals surface area contributed by atoms with Crippen molar-refractivity contribution in [2.75, 3.05) is 0 Å². The Bertz CT molecular complexity index is 822. The topological polar surface area (TPSA) is 39.9 Å². The molecule has 0 saturated carbocycles. The maximum atomic E-state index is 12.2. The summed E-state index contributed by atoms with van der Waals surface area (Å²) in [6, 6.07) is 7.49. The molecule has 2 aromatic heterocycles. The normalized spacial score (nSPS) is 11.9. The van der Waals surface area contributed by atoms with Gasteiger partial charge in [-0.05, 0) is 49.7 Å². The lowest BCUT2D eigenvalue weighted by Crippen LogP contribution is -2.17. The second kappa shape index (κ2) is 5.01. The van der Waals surface area contributed by atoms with Crippen LogP contribution in [0.4, 0.5) is 13.2 Å². The first kappa shape index (κ1) is 14.4. The third-order valence-electron chi connectivity index (χ3n) is 3.16. The number of alkyl halides is 3. The van der Waals surface area contributed by atoms with Gasteiger partial charge in [0.05, 0.1) is 11.4 Å². The SMILES string of the molecule is Cc1cnc2c(c1)c(C)nn2-c1ccc(OC(F)(F)F)cc1. The summed E-state index contributed by atoms with van der Waals surface area (Å²) >= 11 is 0. The Morgan fingerprint density at radius 1 is 1.09 bits per heavy atom. The molecule has 0 saturated heterocycles. The number of hydrogen-bond acceptors (Lipinski definition) is 3. The maximum absolute atomic E-state index is 12.2. The Morgan fingerprint density at radius 2 is 1.77 bits per heavy atom. The van der Waals surface area contributed by atoms with Gasteiger partial charge in [0.2, 0.25) is 0 Å². The van der Waals surface area contributed by atoms with Gasteiger partial charge in [0.15, 0.2) is 5.65 Å². The molecule has 0 N–H and O–H groups in total. The van der Waals surface area contributed by atoms with E-state index >= 15 is 0 Å². The van der Waals surface area contributed by atoms with Crippen molar-refractivity contribution in [2.24, 2.45) is 0 Å². The highest BCUT2D eigenvalue weighted by Gasteiger charge is 2.31. The van der Waals surface area contributed by atoms with E-state index in [1.165, 1.54) is 24.3 Å². The molecule has 0 atom stereocenters. The number of aryl methyl sites for hydroxylation is 2. The molecule has 3 rings (SSSR count). The van der Waals surface area contributed by atoms with Crippen LogP contribution in [0, 0.1) is 13.8 Å². The minimum atomic E-state index is -4.70. The first-order valence-electron chi connectivity index (χ1n) is 6.52.